The predicted molar refractivity (Wildman–Crippen MR) is 74.1 cm³/mol. The summed E-state index contributed by atoms with van der Waals surface area (Å²) in [5.74, 6) is 0.304. The highest BCUT2D eigenvalue weighted by atomic mass is 35.5. The predicted octanol–water partition coefficient (Wildman–Crippen LogP) is 2.47. The Morgan fingerprint density at radius 3 is 2.79 bits per heavy atom. The Morgan fingerprint density at radius 2 is 2.16 bits per heavy atom. The summed E-state index contributed by atoms with van der Waals surface area (Å²) in [5.41, 5.74) is 0.413. The highest BCUT2D eigenvalue weighted by Crippen LogP contribution is 2.49. The number of nitrogens with one attached hydrogen (secondary N) is 1. The van der Waals surface area contributed by atoms with E-state index in [0.29, 0.717) is 6.54 Å². The highest BCUT2D eigenvalue weighted by molar-refractivity contribution is 6.31. The van der Waals surface area contributed by atoms with Crippen molar-refractivity contribution in [1.82, 2.24) is 5.32 Å². The molecule has 2 saturated carbocycles. The van der Waals surface area contributed by atoms with Gasteiger partial charge in [-0.3, -0.25) is 4.79 Å². The first-order chi connectivity index (χ1) is 9.09. The molecular formula is C15H18ClNO2. The maximum Gasteiger partial charge on any atom is 0.223 e. The Hall–Kier alpha value is -1.06. The zero-order chi connectivity index (χ0) is 13.5. The Bertz CT molecular complexity index is 499. The van der Waals surface area contributed by atoms with Gasteiger partial charge in [0.1, 0.15) is 0 Å². The van der Waals surface area contributed by atoms with Crippen LogP contribution >= 0.6 is 11.6 Å². The van der Waals surface area contributed by atoms with Crippen LogP contribution in [0.25, 0.3) is 0 Å². The number of halogens is 1. The summed E-state index contributed by atoms with van der Waals surface area (Å²) in [6.45, 7) is 0.386. The zero-order valence-corrected chi connectivity index (χ0v) is 11.5. The van der Waals surface area contributed by atoms with Crippen LogP contribution < -0.4 is 5.32 Å². The van der Waals surface area contributed by atoms with E-state index in [0.717, 1.165) is 36.3 Å². The van der Waals surface area contributed by atoms with Gasteiger partial charge in [0.05, 0.1) is 5.60 Å². The van der Waals surface area contributed by atoms with Crippen LogP contribution in [0.1, 0.15) is 37.2 Å². The Labute approximate surface area is 118 Å². The first kappa shape index (κ1) is 12.9. The molecule has 1 aromatic carbocycles. The van der Waals surface area contributed by atoms with Gasteiger partial charge in [0.25, 0.3) is 0 Å². The van der Waals surface area contributed by atoms with Crippen molar-refractivity contribution < 1.29 is 9.90 Å². The van der Waals surface area contributed by atoms with Crippen LogP contribution in [-0.4, -0.2) is 23.2 Å². The fourth-order valence-electron chi connectivity index (χ4n) is 2.75. The van der Waals surface area contributed by atoms with E-state index in [1.165, 1.54) is 0 Å². The van der Waals surface area contributed by atoms with Crippen LogP contribution in [0.4, 0.5) is 0 Å². The molecule has 0 heterocycles. The lowest BCUT2D eigenvalue weighted by Crippen LogP contribution is -2.48. The molecule has 102 valence electrons. The summed E-state index contributed by atoms with van der Waals surface area (Å²) in [5, 5.41) is 13.6. The minimum atomic E-state index is -0.648. The molecule has 0 aromatic heterocycles. The van der Waals surface area contributed by atoms with Crippen LogP contribution in [-0.2, 0) is 4.79 Å². The molecule has 1 aromatic rings. The van der Waals surface area contributed by atoms with Gasteiger partial charge >= 0.3 is 0 Å². The number of hydrogen-bond acceptors (Lipinski definition) is 2. The highest BCUT2D eigenvalue weighted by Gasteiger charge is 2.45. The molecule has 0 aliphatic heterocycles. The molecule has 19 heavy (non-hydrogen) atoms. The van der Waals surface area contributed by atoms with Gasteiger partial charge in [-0.15, -0.1) is 0 Å². The molecule has 3 nitrogen and oxygen atoms in total. The number of amides is 1. The van der Waals surface area contributed by atoms with Crippen LogP contribution in [0.3, 0.4) is 0 Å². The minimum absolute atomic E-state index is 0.0172. The lowest BCUT2D eigenvalue weighted by Gasteiger charge is -2.36. The number of carbonyl (C=O) groups excluding carboxylic acids is 1. The standard InChI is InChI=1S/C15H18ClNO2/c16-13-5-2-1-4-10(13)11-8-12(11)14(18)17-9-15(19)6-3-7-15/h1-2,4-5,11-12,19H,3,6-9H2,(H,17,18). The van der Waals surface area contributed by atoms with E-state index in [1.807, 2.05) is 24.3 Å². The van der Waals surface area contributed by atoms with Crippen molar-refractivity contribution in [2.24, 2.45) is 5.92 Å². The molecule has 0 radical (unpaired) electrons. The van der Waals surface area contributed by atoms with Crippen molar-refractivity contribution in [3.8, 4) is 0 Å². The van der Waals surface area contributed by atoms with Crippen molar-refractivity contribution in [3.63, 3.8) is 0 Å². The fourth-order valence-corrected chi connectivity index (χ4v) is 3.02. The summed E-state index contributed by atoms with van der Waals surface area (Å²) in [7, 11) is 0. The molecule has 2 aliphatic carbocycles. The topological polar surface area (TPSA) is 49.3 Å². The molecule has 3 rings (SSSR count). The van der Waals surface area contributed by atoms with E-state index in [2.05, 4.69) is 5.32 Å². The van der Waals surface area contributed by atoms with Gasteiger partial charge in [-0.2, -0.15) is 0 Å². The number of rotatable bonds is 4. The van der Waals surface area contributed by atoms with Crippen molar-refractivity contribution in [2.45, 2.75) is 37.2 Å². The number of benzene rings is 1. The molecule has 2 N–H and O–H groups in total. The van der Waals surface area contributed by atoms with Gasteiger partial charge in [0.15, 0.2) is 0 Å². The normalized spacial score (nSPS) is 27.5. The lowest BCUT2D eigenvalue weighted by atomic mass is 9.80. The fraction of sp³-hybridized carbons (Fsp3) is 0.533. The van der Waals surface area contributed by atoms with Crippen molar-refractivity contribution in [1.29, 1.82) is 0 Å². The number of carbonyl (C=O) groups is 1. The second-order valence-corrected chi connectivity index (χ2v) is 6.17. The third kappa shape index (κ3) is 2.63. The van der Waals surface area contributed by atoms with Gasteiger partial charge < -0.3 is 10.4 Å². The van der Waals surface area contributed by atoms with Crippen molar-refractivity contribution in [2.75, 3.05) is 6.54 Å². The average molecular weight is 280 g/mol. The van der Waals surface area contributed by atoms with Crippen LogP contribution in [0, 0.1) is 5.92 Å². The van der Waals surface area contributed by atoms with Gasteiger partial charge in [-0.1, -0.05) is 29.8 Å². The van der Waals surface area contributed by atoms with Gasteiger partial charge in [-0.05, 0) is 43.2 Å². The molecule has 1 amide bonds. The minimum Gasteiger partial charge on any atom is -0.388 e. The maximum absolute atomic E-state index is 12.0. The summed E-state index contributed by atoms with van der Waals surface area (Å²) in [4.78, 5) is 12.0. The van der Waals surface area contributed by atoms with E-state index in [4.69, 9.17) is 11.6 Å². The third-order valence-corrected chi connectivity index (χ3v) is 4.65. The Morgan fingerprint density at radius 1 is 1.42 bits per heavy atom. The van der Waals surface area contributed by atoms with Gasteiger partial charge in [-0.25, -0.2) is 0 Å². The van der Waals surface area contributed by atoms with Crippen LogP contribution in [0.15, 0.2) is 24.3 Å². The third-order valence-electron chi connectivity index (χ3n) is 4.31. The monoisotopic (exact) mass is 279 g/mol. The largest absolute Gasteiger partial charge is 0.388 e. The van der Waals surface area contributed by atoms with E-state index in [9.17, 15) is 9.90 Å². The molecule has 2 aliphatic rings. The van der Waals surface area contributed by atoms with E-state index in [-0.39, 0.29) is 17.7 Å². The SMILES string of the molecule is O=C(NCC1(O)CCC1)C1CC1c1ccccc1Cl. The molecular weight excluding hydrogens is 262 g/mol. The van der Waals surface area contributed by atoms with Crippen molar-refractivity contribution >= 4 is 17.5 Å². The maximum atomic E-state index is 12.0. The molecule has 2 unspecified atom stereocenters. The molecule has 2 atom stereocenters. The molecule has 2 fully saturated rings. The Kier molecular flexibility index (Phi) is 3.27. The zero-order valence-electron chi connectivity index (χ0n) is 10.7. The number of aliphatic hydroxyl groups is 1. The summed E-state index contributed by atoms with van der Waals surface area (Å²) in [6.07, 6.45) is 3.50. The average Bonchev–Trinajstić information content (AvgIpc) is 3.14. The van der Waals surface area contributed by atoms with Crippen LogP contribution in [0.2, 0.25) is 5.02 Å². The van der Waals surface area contributed by atoms with Gasteiger partial charge in [0.2, 0.25) is 5.91 Å². The summed E-state index contributed by atoms with van der Waals surface area (Å²) in [6, 6.07) is 7.70. The number of hydrogen-bond donors (Lipinski definition) is 2. The Balaban J connectivity index is 1.55. The van der Waals surface area contributed by atoms with E-state index in [1.54, 1.807) is 0 Å². The molecule has 0 spiro atoms. The second-order valence-electron chi connectivity index (χ2n) is 5.77. The van der Waals surface area contributed by atoms with Crippen molar-refractivity contribution in [3.05, 3.63) is 34.9 Å². The van der Waals surface area contributed by atoms with E-state index >= 15 is 0 Å². The van der Waals surface area contributed by atoms with Gasteiger partial charge in [0, 0.05) is 17.5 Å². The summed E-state index contributed by atoms with van der Waals surface area (Å²) >= 11 is 6.14. The lowest BCUT2D eigenvalue weighted by molar-refractivity contribution is -0.124. The first-order valence-electron chi connectivity index (χ1n) is 6.84. The van der Waals surface area contributed by atoms with E-state index < -0.39 is 5.60 Å². The summed E-state index contributed by atoms with van der Waals surface area (Å²) < 4.78 is 0. The van der Waals surface area contributed by atoms with Crippen LogP contribution in [0.5, 0.6) is 0 Å². The second kappa shape index (κ2) is 4.80. The molecule has 4 heteroatoms. The quantitative estimate of drug-likeness (QED) is 0.890. The first-order valence-corrected chi connectivity index (χ1v) is 7.21. The smallest absolute Gasteiger partial charge is 0.223 e. The molecule has 0 bridgehead atoms. The molecule has 0 saturated heterocycles.